The van der Waals surface area contributed by atoms with Crippen LogP contribution in [-0.2, 0) is 0 Å². The molecule has 1 saturated carbocycles. The van der Waals surface area contributed by atoms with Crippen molar-refractivity contribution in [1.82, 2.24) is 19.8 Å². The third kappa shape index (κ3) is 5.69. The normalized spacial score (nSPS) is 22.6. The van der Waals surface area contributed by atoms with Crippen LogP contribution in [0.25, 0.3) is 0 Å². The number of hydrogen-bond donors (Lipinski definition) is 0. The minimum Gasteiger partial charge on any atom is -0.354 e. The van der Waals surface area contributed by atoms with Crippen molar-refractivity contribution in [2.45, 2.75) is 48.8 Å². The molecule has 1 atom stereocenters. The van der Waals surface area contributed by atoms with E-state index in [9.17, 15) is 4.79 Å². The summed E-state index contributed by atoms with van der Waals surface area (Å²) in [5.74, 6) is 1.80. The van der Waals surface area contributed by atoms with Crippen molar-refractivity contribution < 1.29 is 4.79 Å². The molecule has 2 aliphatic heterocycles. The summed E-state index contributed by atoms with van der Waals surface area (Å²) in [6.07, 6.45) is 11.1. The molecule has 3 fully saturated rings. The van der Waals surface area contributed by atoms with E-state index >= 15 is 0 Å². The number of nitrogens with zero attached hydrogens (tertiary/aromatic N) is 5. The highest BCUT2D eigenvalue weighted by Gasteiger charge is 2.29. The van der Waals surface area contributed by atoms with Gasteiger partial charge in [0.15, 0.2) is 0 Å². The average molecular weight is 466 g/mol. The van der Waals surface area contributed by atoms with Crippen molar-refractivity contribution >= 4 is 23.5 Å². The van der Waals surface area contributed by atoms with Crippen LogP contribution < -0.4 is 4.90 Å². The van der Waals surface area contributed by atoms with Gasteiger partial charge in [-0.05, 0) is 55.9 Å². The lowest BCUT2D eigenvalue weighted by Gasteiger charge is -2.39. The number of pyridine rings is 2. The zero-order chi connectivity index (χ0) is 22.5. The maximum atomic E-state index is 13.5. The number of amides is 1. The van der Waals surface area contributed by atoms with Gasteiger partial charge in [0.1, 0.15) is 10.8 Å². The van der Waals surface area contributed by atoms with Gasteiger partial charge in [-0.25, -0.2) is 9.97 Å². The predicted molar refractivity (Wildman–Crippen MR) is 134 cm³/mol. The van der Waals surface area contributed by atoms with Crippen LogP contribution >= 0.6 is 11.8 Å². The standard InChI is InChI=1S/C26H35N5OS/c32-26(23-10-5-13-28-25(23)33-22-8-1-2-9-22)31-14-6-7-21(20-31)19-29-15-17-30(18-16-29)24-11-3-4-12-27-24/h3-5,10-13,21-22H,1-2,6-9,14-20H2. The number of anilines is 1. The van der Waals surface area contributed by atoms with Crippen molar-refractivity contribution in [1.29, 1.82) is 0 Å². The van der Waals surface area contributed by atoms with Crippen LogP contribution in [0.1, 0.15) is 48.9 Å². The summed E-state index contributed by atoms with van der Waals surface area (Å²) in [5.41, 5.74) is 0.805. The van der Waals surface area contributed by atoms with Crippen LogP contribution in [-0.4, -0.2) is 76.7 Å². The Hall–Kier alpha value is -2.12. The molecule has 1 aliphatic carbocycles. The van der Waals surface area contributed by atoms with Crippen molar-refractivity contribution in [3.05, 3.63) is 48.3 Å². The van der Waals surface area contributed by atoms with E-state index in [4.69, 9.17) is 0 Å². The molecule has 2 aromatic heterocycles. The first-order chi connectivity index (χ1) is 16.3. The topological polar surface area (TPSA) is 52.6 Å². The summed E-state index contributed by atoms with van der Waals surface area (Å²) in [6.45, 7) is 6.97. The fourth-order valence-electron chi connectivity index (χ4n) is 5.45. The smallest absolute Gasteiger partial charge is 0.256 e. The molecule has 3 aliphatic rings. The summed E-state index contributed by atoms with van der Waals surface area (Å²) in [6, 6.07) is 10.0. The largest absolute Gasteiger partial charge is 0.354 e. The number of hydrogen-bond acceptors (Lipinski definition) is 6. The number of rotatable bonds is 6. The molecule has 5 rings (SSSR count). The summed E-state index contributed by atoms with van der Waals surface area (Å²) in [5, 5.41) is 1.55. The van der Waals surface area contributed by atoms with Crippen LogP contribution in [0.4, 0.5) is 5.82 Å². The van der Waals surface area contributed by atoms with Gasteiger partial charge in [-0.2, -0.15) is 0 Å². The van der Waals surface area contributed by atoms with E-state index in [1.54, 1.807) is 0 Å². The number of thioether (sulfide) groups is 1. The van der Waals surface area contributed by atoms with Crippen molar-refractivity contribution in [3.8, 4) is 0 Å². The second-order valence-corrected chi connectivity index (χ2v) is 10.9. The second-order valence-electron chi connectivity index (χ2n) is 9.62. The number of piperidine rings is 1. The van der Waals surface area contributed by atoms with E-state index in [2.05, 4.69) is 36.8 Å². The number of aromatic nitrogens is 2. The SMILES string of the molecule is O=C(c1cccnc1SC1CCCC1)N1CCCC(CN2CCN(c3ccccn3)CC2)C1. The summed E-state index contributed by atoms with van der Waals surface area (Å²) < 4.78 is 0. The van der Waals surface area contributed by atoms with Crippen LogP contribution in [0.2, 0.25) is 0 Å². The predicted octanol–water partition coefficient (Wildman–Crippen LogP) is 4.19. The lowest BCUT2D eigenvalue weighted by atomic mass is 9.96. The van der Waals surface area contributed by atoms with Crippen molar-refractivity contribution in [2.24, 2.45) is 5.92 Å². The van der Waals surface area contributed by atoms with Gasteiger partial charge < -0.3 is 9.80 Å². The molecule has 4 heterocycles. The zero-order valence-electron chi connectivity index (χ0n) is 19.4. The van der Waals surface area contributed by atoms with Gasteiger partial charge in [0.2, 0.25) is 0 Å². The average Bonchev–Trinajstić information content (AvgIpc) is 3.38. The fraction of sp³-hybridized carbons (Fsp3) is 0.577. The fourth-order valence-corrected chi connectivity index (χ4v) is 6.73. The Morgan fingerprint density at radius 3 is 2.52 bits per heavy atom. The van der Waals surface area contributed by atoms with Crippen LogP contribution in [0.5, 0.6) is 0 Å². The van der Waals surface area contributed by atoms with E-state index in [0.29, 0.717) is 11.2 Å². The quantitative estimate of drug-likeness (QED) is 0.638. The van der Waals surface area contributed by atoms with Crippen LogP contribution in [0.3, 0.4) is 0 Å². The van der Waals surface area contributed by atoms with E-state index in [1.807, 2.05) is 42.4 Å². The molecule has 2 saturated heterocycles. The van der Waals surface area contributed by atoms with Crippen molar-refractivity contribution in [3.63, 3.8) is 0 Å². The first-order valence-electron chi connectivity index (χ1n) is 12.6. The summed E-state index contributed by atoms with van der Waals surface area (Å²) in [7, 11) is 0. The number of carbonyl (C=O) groups is 1. The molecule has 2 aromatic rings. The Balaban J connectivity index is 1.16. The van der Waals surface area contributed by atoms with Crippen molar-refractivity contribution in [2.75, 3.05) is 50.7 Å². The Morgan fingerprint density at radius 2 is 1.73 bits per heavy atom. The third-order valence-corrected chi connectivity index (χ3v) is 8.60. The highest BCUT2D eigenvalue weighted by molar-refractivity contribution is 7.99. The van der Waals surface area contributed by atoms with E-state index in [-0.39, 0.29) is 5.91 Å². The summed E-state index contributed by atoms with van der Waals surface area (Å²) in [4.78, 5) is 29.6. The summed E-state index contributed by atoms with van der Waals surface area (Å²) >= 11 is 1.82. The highest BCUT2D eigenvalue weighted by atomic mass is 32.2. The van der Waals surface area contributed by atoms with Gasteiger partial charge in [0.25, 0.3) is 5.91 Å². The van der Waals surface area contributed by atoms with Gasteiger partial charge >= 0.3 is 0 Å². The van der Waals surface area contributed by atoms with Crippen LogP contribution in [0.15, 0.2) is 47.8 Å². The molecule has 0 bridgehead atoms. The Labute approximate surface area is 201 Å². The molecule has 1 amide bonds. The highest BCUT2D eigenvalue weighted by Crippen LogP contribution is 2.35. The Bertz CT molecular complexity index is 912. The molecule has 1 unspecified atom stereocenters. The number of carbonyl (C=O) groups excluding carboxylic acids is 1. The molecule has 33 heavy (non-hydrogen) atoms. The Morgan fingerprint density at radius 1 is 0.909 bits per heavy atom. The van der Waals surface area contributed by atoms with E-state index in [0.717, 1.165) is 68.6 Å². The number of likely N-dealkylation sites (tertiary alicyclic amines) is 1. The third-order valence-electron chi connectivity index (χ3n) is 7.25. The van der Waals surface area contributed by atoms with E-state index in [1.165, 1.54) is 32.1 Å². The maximum Gasteiger partial charge on any atom is 0.256 e. The molecule has 0 radical (unpaired) electrons. The lowest BCUT2D eigenvalue weighted by molar-refractivity contribution is 0.0633. The lowest BCUT2D eigenvalue weighted by Crippen LogP contribution is -2.50. The number of piperazine rings is 1. The maximum absolute atomic E-state index is 13.5. The Kier molecular flexibility index (Phi) is 7.47. The van der Waals surface area contributed by atoms with Gasteiger partial charge in [0.05, 0.1) is 5.56 Å². The minimum atomic E-state index is 0.174. The molecular formula is C26H35N5OS. The van der Waals surface area contributed by atoms with Crippen LogP contribution in [0, 0.1) is 5.92 Å². The van der Waals surface area contributed by atoms with Gasteiger partial charge in [0, 0.05) is 63.5 Å². The molecule has 176 valence electrons. The zero-order valence-corrected chi connectivity index (χ0v) is 20.3. The van der Waals surface area contributed by atoms with Gasteiger partial charge in [-0.1, -0.05) is 18.9 Å². The van der Waals surface area contributed by atoms with Gasteiger partial charge in [-0.15, -0.1) is 11.8 Å². The molecule has 0 spiro atoms. The molecule has 6 nitrogen and oxygen atoms in total. The monoisotopic (exact) mass is 465 g/mol. The van der Waals surface area contributed by atoms with E-state index < -0.39 is 0 Å². The van der Waals surface area contributed by atoms with Gasteiger partial charge in [-0.3, -0.25) is 9.69 Å². The molecule has 0 aromatic carbocycles. The molecular weight excluding hydrogens is 430 g/mol. The molecule has 0 N–H and O–H groups in total. The first kappa shape index (κ1) is 22.7. The second kappa shape index (κ2) is 10.9. The first-order valence-corrected chi connectivity index (χ1v) is 13.4. The molecule has 7 heteroatoms. The minimum absolute atomic E-state index is 0.174.